The third-order valence-electron chi connectivity index (χ3n) is 9.70. The normalized spacial score (nSPS) is 16.9. The summed E-state index contributed by atoms with van der Waals surface area (Å²) in [4.78, 5) is 44.3. The molecule has 0 spiro atoms. The fourth-order valence-corrected chi connectivity index (χ4v) is 9.63. The number of ether oxygens (including phenoxy) is 1. The second-order valence-electron chi connectivity index (χ2n) is 14.1. The molecule has 1 aliphatic heterocycles. The van der Waals surface area contributed by atoms with Crippen LogP contribution in [-0.2, 0) is 45.5 Å². The molecule has 3 N–H and O–H groups in total. The summed E-state index contributed by atoms with van der Waals surface area (Å²) in [6.07, 6.45) is 5.02. The average Bonchev–Trinajstić information content (AvgIpc) is 3.14. The van der Waals surface area contributed by atoms with Gasteiger partial charge in [0.1, 0.15) is 0 Å². The number of carboxylic acids is 2. The summed E-state index contributed by atoms with van der Waals surface area (Å²) >= 11 is 0. The fourth-order valence-electron chi connectivity index (χ4n) is 7.02. The third kappa shape index (κ3) is 22.8. The Hall–Kier alpha value is -2.47. The third-order valence-corrected chi connectivity index (χ3v) is 12.9. The van der Waals surface area contributed by atoms with Crippen LogP contribution in [0.5, 0.6) is 0 Å². The van der Waals surface area contributed by atoms with E-state index in [1.807, 2.05) is 27.7 Å². The van der Waals surface area contributed by atoms with Gasteiger partial charge in [0.2, 0.25) is 0 Å². The van der Waals surface area contributed by atoms with E-state index in [0.717, 1.165) is 110 Å². The maximum atomic E-state index is 12.2. The fraction of sp³-hybridized carbons (Fsp3) is 0.775. The van der Waals surface area contributed by atoms with Crippen LogP contribution in [0.4, 0.5) is 0 Å². The zero-order chi connectivity index (χ0) is 40.2. The topological polar surface area (TPSA) is 154 Å². The maximum absolute atomic E-state index is 12.2. The zero-order valence-corrected chi connectivity index (χ0v) is 35.4. The molecule has 1 fully saturated rings. The predicted molar refractivity (Wildman–Crippen MR) is 217 cm³/mol. The summed E-state index contributed by atoms with van der Waals surface area (Å²) in [5, 5.41) is 22.3. The lowest BCUT2D eigenvalue weighted by atomic mass is 10.1. The highest BCUT2D eigenvalue weighted by Crippen LogP contribution is 2.18. The number of nitrogens with one attached hydrogen (secondary N) is 1. The molecule has 1 saturated heterocycles. The number of carboxylic acid groups (broad SMARTS) is 2. The number of esters is 1. The van der Waals surface area contributed by atoms with Crippen LogP contribution in [-0.4, -0.2) is 161 Å². The van der Waals surface area contributed by atoms with E-state index < -0.39 is 20.7 Å². The van der Waals surface area contributed by atoms with Crippen LogP contribution >= 0.6 is 0 Å². The molecule has 1 aliphatic rings. The van der Waals surface area contributed by atoms with Crippen LogP contribution < -0.4 is 5.32 Å². The summed E-state index contributed by atoms with van der Waals surface area (Å²) in [6.45, 7) is 20.5. The van der Waals surface area contributed by atoms with Crippen molar-refractivity contribution in [2.75, 3.05) is 105 Å². The Bertz CT molecular complexity index is 1170. The molecule has 0 bridgehead atoms. The van der Waals surface area contributed by atoms with Crippen molar-refractivity contribution in [1.82, 2.24) is 24.9 Å². The average molecular weight is 796 g/mol. The Morgan fingerprint density at radius 3 is 1.45 bits per heavy atom. The summed E-state index contributed by atoms with van der Waals surface area (Å²) < 4.78 is 23.2. The van der Waals surface area contributed by atoms with Gasteiger partial charge in [0, 0.05) is 58.6 Å². The van der Waals surface area contributed by atoms with Crippen molar-refractivity contribution in [1.29, 1.82) is 0 Å². The lowest BCUT2D eigenvalue weighted by Gasteiger charge is -2.30. The second-order valence-corrected chi connectivity index (χ2v) is 16.9. The number of benzene rings is 1. The van der Waals surface area contributed by atoms with E-state index in [0.29, 0.717) is 52.5 Å². The molecule has 1 aromatic carbocycles. The van der Waals surface area contributed by atoms with Gasteiger partial charge in [-0.2, -0.15) is 0 Å². The smallest absolute Gasteiger partial charge is 0.481 e. The molecule has 2 rings (SSSR count). The second kappa shape index (κ2) is 29.7. The Balaban J connectivity index is 2.06. The van der Waals surface area contributed by atoms with E-state index in [1.165, 1.54) is 11.1 Å². The highest BCUT2D eigenvalue weighted by atomic mass is 28.4. The number of aliphatic carboxylic acids is 2. The molecule has 0 aromatic heterocycles. The van der Waals surface area contributed by atoms with Crippen LogP contribution in [0.3, 0.4) is 0 Å². The first-order valence-electron chi connectivity index (χ1n) is 20.8. The quantitative estimate of drug-likeness (QED) is 0.0770. The van der Waals surface area contributed by atoms with Crippen molar-refractivity contribution < 1.29 is 42.6 Å². The molecule has 0 radical (unpaired) electrons. The monoisotopic (exact) mass is 796 g/mol. The van der Waals surface area contributed by atoms with Gasteiger partial charge in [0.05, 0.1) is 25.9 Å². The molecule has 0 atom stereocenters. The number of rotatable bonds is 24. The Labute approximate surface area is 332 Å². The molecule has 0 amide bonds. The van der Waals surface area contributed by atoms with Gasteiger partial charge < -0.3 is 48.2 Å². The van der Waals surface area contributed by atoms with Crippen LogP contribution in [0.2, 0.25) is 6.04 Å². The predicted octanol–water partition coefficient (Wildman–Crippen LogP) is 4.40. The number of nitrogens with zero attached hydrogens (tertiary/aromatic N) is 4. The lowest BCUT2D eigenvalue weighted by molar-refractivity contribution is -0.143. The number of hydrogen-bond acceptors (Lipinski definition) is 12. The van der Waals surface area contributed by atoms with Gasteiger partial charge >= 0.3 is 26.7 Å². The minimum atomic E-state index is -2.63. The Morgan fingerprint density at radius 2 is 1.04 bits per heavy atom. The molecule has 55 heavy (non-hydrogen) atoms. The number of hydrogen-bond donors (Lipinski definition) is 3. The molecule has 15 heteroatoms. The van der Waals surface area contributed by atoms with E-state index in [-0.39, 0.29) is 18.8 Å². The molecule has 1 heterocycles. The van der Waals surface area contributed by atoms with Crippen molar-refractivity contribution in [3.8, 4) is 0 Å². The van der Waals surface area contributed by atoms with Crippen molar-refractivity contribution in [2.24, 2.45) is 0 Å². The molecule has 14 nitrogen and oxygen atoms in total. The van der Waals surface area contributed by atoms with Crippen LogP contribution in [0.25, 0.3) is 0 Å². The number of carbonyl (C=O) groups excluding carboxylic acids is 1. The maximum Gasteiger partial charge on any atom is 0.500 e. The first-order chi connectivity index (χ1) is 26.6. The first-order valence-corrected chi connectivity index (χ1v) is 22.7. The minimum Gasteiger partial charge on any atom is -0.481 e. The highest BCUT2D eigenvalue weighted by molar-refractivity contribution is 6.60. The molecule has 0 saturated carbocycles. The van der Waals surface area contributed by atoms with Gasteiger partial charge in [-0.3, -0.25) is 19.3 Å². The van der Waals surface area contributed by atoms with E-state index in [4.69, 9.17) is 18.0 Å². The molecule has 316 valence electrons. The molecule has 0 aliphatic carbocycles. The molecular formula is C40H73N5O9Si. The van der Waals surface area contributed by atoms with Crippen LogP contribution in [0.1, 0.15) is 90.2 Å². The first kappa shape index (κ1) is 48.7. The van der Waals surface area contributed by atoms with E-state index in [9.17, 15) is 24.6 Å². The Morgan fingerprint density at radius 1 is 0.618 bits per heavy atom. The van der Waals surface area contributed by atoms with Crippen molar-refractivity contribution in [3.63, 3.8) is 0 Å². The van der Waals surface area contributed by atoms with E-state index >= 15 is 0 Å². The molecular weight excluding hydrogens is 723 g/mol. The largest absolute Gasteiger partial charge is 0.500 e. The lowest BCUT2D eigenvalue weighted by Crippen LogP contribution is -2.46. The minimum absolute atomic E-state index is 0.0899. The highest BCUT2D eigenvalue weighted by Gasteiger charge is 2.39. The van der Waals surface area contributed by atoms with Crippen molar-refractivity contribution in [2.45, 2.75) is 98.2 Å². The van der Waals surface area contributed by atoms with Crippen LogP contribution in [0.15, 0.2) is 24.3 Å². The van der Waals surface area contributed by atoms with Gasteiger partial charge in [-0.1, -0.05) is 24.3 Å². The van der Waals surface area contributed by atoms with E-state index in [2.05, 4.69) is 49.2 Å². The summed E-state index contributed by atoms with van der Waals surface area (Å²) in [5.74, 6) is -1.78. The SMILES string of the molecule is CCOC(=O)CCN1CCCN(CCC(=O)O)CCCN(CCC(=O)O)CCCN(Cc2ccc(CNCCC[Si](OCC)(OCC)OCC)cc2)CCC1. The zero-order valence-electron chi connectivity index (χ0n) is 34.4. The van der Waals surface area contributed by atoms with Crippen LogP contribution in [0, 0.1) is 0 Å². The number of carbonyl (C=O) groups is 3. The summed E-state index contributed by atoms with van der Waals surface area (Å²) in [6, 6.07) is 9.62. The summed E-state index contributed by atoms with van der Waals surface area (Å²) in [5.41, 5.74) is 2.48. The Kier molecular flexibility index (Phi) is 26.3. The summed E-state index contributed by atoms with van der Waals surface area (Å²) in [7, 11) is -2.63. The van der Waals surface area contributed by atoms with E-state index in [1.54, 1.807) is 0 Å². The van der Waals surface area contributed by atoms with Gasteiger partial charge in [-0.15, -0.1) is 0 Å². The van der Waals surface area contributed by atoms with Gasteiger partial charge in [0.25, 0.3) is 0 Å². The van der Waals surface area contributed by atoms with Gasteiger partial charge in [0.15, 0.2) is 0 Å². The van der Waals surface area contributed by atoms with Crippen molar-refractivity contribution >= 4 is 26.7 Å². The van der Waals surface area contributed by atoms with Gasteiger partial charge in [-0.25, -0.2) is 0 Å². The van der Waals surface area contributed by atoms with Gasteiger partial charge in [-0.05, 0) is 130 Å². The molecule has 0 unspecified atom stereocenters. The molecule has 1 aromatic rings. The standard InChI is InChI=1S/C40H73N5O9Si/c1-5-51-40(50)20-32-44-25-11-24-42(30-18-38(46)47)22-10-23-43(31-19-39(48)49)26-12-28-45(29-13-27-44)35-37-16-14-36(15-17-37)34-41-21-9-33-55(52-6-2,53-7-3)54-8-4/h14-17,41H,5-13,18-35H2,1-4H3,(H,46,47)(H,48,49). The van der Waals surface area contributed by atoms with Crippen molar-refractivity contribution in [3.05, 3.63) is 35.4 Å².